The highest BCUT2D eigenvalue weighted by molar-refractivity contribution is 5.90. The van der Waals surface area contributed by atoms with Crippen molar-refractivity contribution in [1.82, 2.24) is 5.32 Å². The summed E-state index contributed by atoms with van der Waals surface area (Å²) in [5.74, 6) is 0.606. The molecule has 0 aromatic heterocycles. The molecule has 2 aromatic carbocycles. The second-order valence-electron chi connectivity index (χ2n) is 6.24. The number of aliphatic hydroxyl groups is 1. The third-order valence-corrected chi connectivity index (χ3v) is 4.60. The molecule has 3 rings (SSSR count). The molecule has 3 N–H and O–H groups in total. The fourth-order valence-electron chi connectivity index (χ4n) is 3.31. The van der Waals surface area contributed by atoms with Crippen molar-refractivity contribution in [2.24, 2.45) is 0 Å². The fraction of sp³-hybridized carbons (Fsp3) is 0.350. The van der Waals surface area contributed by atoms with Crippen molar-refractivity contribution in [3.8, 4) is 5.75 Å². The number of aliphatic hydroxyl groups excluding tert-OH is 1. The average molecular weight is 340 g/mol. The summed E-state index contributed by atoms with van der Waals surface area (Å²) in [7, 11) is 1.56. The number of nitrogens with one attached hydrogen (secondary N) is 2. The van der Waals surface area contributed by atoms with E-state index in [1.54, 1.807) is 19.2 Å². The molecule has 0 aliphatic heterocycles. The van der Waals surface area contributed by atoms with Crippen LogP contribution in [-0.2, 0) is 12.8 Å². The van der Waals surface area contributed by atoms with E-state index in [1.165, 1.54) is 17.5 Å². The van der Waals surface area contributed by atoms with Crippen molar-refractivity contribution in [2.45, 2.75) is 31.8 Å². The molecule has 0 saturated carbocycles. The number of anilines is 1. The molecular weight excluding hydrogens is 316 g/mol. The molecule has 1 unspecified atom stereocenters. The van der Waals surface area contributed by atoms with Gasteiger partial charge in [0, 0.05) is 17.8 Å². The smallest absolute Gasteiger partial charge is 0.319 e. The number of carbonyl (C=O) groups is 1. The van der Waals surface area contributed by atoms with Crippen LogP contribution in [0.2, 0.25) is 0 Å². The lowest BCUT2D eigenvalue weighted by Gasteiger charge is -2.20. The van der Waals surface area contributed by atoms with Crippen LogP contribution in [0.5, 0.6) is 5.75 Å². The molecule has 0 heterocycles. The maximum Gasteiger partial charge on any atom is 0.319 e. The molecule has 0 saturated heterocycles. The highest BCUT2D eigenvalue weighted by Gasteiger charge is 2.16. The van der Waals surface area contributed by atoms with Crippen LogP contribution in [0, 0.1) is 0 Å². The summed E-state index contributed by atoms with van der Waals surface area (Å²) in [5, 5.41) is 16.0. The highest BCUT2D eigenvalue weighted by Crippen LogP contribution is 2.28. The van der Waals surface area contributed by atoms with E-state index in [4.69, 9.17) is 4.74 Å². The molecular formula is C20H24N2O3. The van der Waals surface area contributed by atoms with Crippen LogP contribution in [0.3, 0.4) is 0 Å². The van der Waals surface area contributed by atoms with Crippen molar-refractivity contribution in [3.63, 3.8) is 0 Å². The Hall–Kier alpha value is -2.53. The van der Waals surface area contributed by atoms with Gasteiger partial charge in [0.2, 0.25) is 0 Å². The summed E-state index contributed by atoms with van der Waals surface area (Å²) in [5.41, 5.74) is 4.07. The number of benzene rings is 2. The summed E-state index contributed by atoms with van der Waals surface area (Å²) >= 11 is 0. The number of carbonyl (C=O) groups excluding carboxylic acids is 1. The molecule has 25 heavy (non-hydrogen) atoms. The van der Waals surface area contributed by atoms with Gasteiger partial charge in [0.05, 0.1) is 13.2 Å². The molecule has 0 radical (unpaired) electrons. The van der Waals surface area contributed by atoms with Gasteiger partial charge in [-0.05, 0) is 48.9 Å². The van der Waals surface area contributed by atoms with Gasteiger partial charge in [-0.15, -0.1) is 0 Å². The number of aryl methyl sites for hydroxylation is 1. The number of amides is 2. The Labute approximate surface area is 148 Å². The van der Waals surface area contributed by atoms with E-state index in [2.05, 4.69) is 16.7 Å². The first-order chi connectivity index (χ1) is 12.2. The van der Waals surface area contributed by atoms with Crippen molar-refractivity contribution in [2.75, 3.05) is 19.0 Å². The number of methoxy groups -OCH3 is 1. The molecule has 1 atom stereocenters. The van der Waals surface area contributed by atoms with E-state index in [9.17, 15) is 9.90 Å². The first-order valence-electron chi connectivity index (χ1n) is 8.65. The topological polar surface area (TPSA) is 70.6 Å². The Balaban J connectivity index is 1.60. The molecule has 5 heteroatoms. The zero-order valence-corrected chi connectivity index (χ0v) is 14.4. The number of urea groups is 1. The predicted molar refractivity (Wildman–Crippen MR) is 98.1 cm³/mol. The summed E-state index contributed by atoms with van der Waals surface area (Å²) in [6.45, 7) is 0.112. The van der Waals surface area contributed by atoms with E-state index < -0.39 is 6.10 Å². The van der Waals surface area contributed by atoms with Crippen molar-refractivity contribution in [1.29, 1.82) is 0 Å². The van der Waals surface area contributed by atoms with Gasteiger partial charge in [-0.3, -0.25) is 0 Å². The SMILES string of the molecule is COc1ccccc1C(O)CNC(=O)Nc1cccc2c1CCCC2. The van der Waals surface area contributed by atoms with Gasteiger partial charge in [0.15, 0.2) is 0 Å². The molecule has 0 spiro atoms. The maximum absolute atomic E-state index is 12.2. The molecule has 0 fully saturated rings. The summed E-state index contributed by atoms with van der Waals surface area (Å²) < 4.78 is 5.24. The molecule has 5 nitrogen and oxygen atoms in total. The summed E-state index contributed by atoms with van der Waals surface area (Å²) in [6, 6.07) is 13.0. The normalized spacial score (nSPS) is 14.3. The van der Waals surface area contributed by atoms with Crippen LogP contribution < -0.4 is 15.4 Å². The number of hydrogen-bond acceptors (Lipinski definition) is 3. The molecule has 1 aliphatic carbocycles. The Morgan fingerprint density at radius 3 is 2.80 bits per heavy atom. The van der Waals surface area contributed by atoms with Crippen LogP contribution >= 0.6 is 0 Å². The quantitative estimate of drug-likeness (QED) is 0.781. The van der Waals surface area contributed by atoms with Crippen LogP contribution in [0.4, 0.5) is 10.5 Å². The minimum absolute atomic E-state index is 0.112. The Morgan fingerprint density at radius 2 is 1.96 bits per heavy atom. The number of fused-ring (bicyclic) bond motifs is 1. The number of para-hydroxylation sites is 1. The average Bonchev–Trinajstić information content (AvgIpc) is 2.66. The standard InChI is InChI=1S/C20H24N2O3/c1-25-19-12-5-4-10-16(19)18(23)13-21-20(24)22-17-11-6-8-14-7-2-3-9-15(14)17/h4-6,8,10-12,18,23H,2-3,7,9,13H2,1H3,(H2,21,22,24). The monoisotopic (exact) mass is 340 g/mol. The number of ether oxygens (including phenoxy) is 1. The Morgan fingerprint density at radius 1 is 1.16 bits per heavy atom. The lowest BCUT2D eigenvalue weighted by Crippen LogP contribution is -2.33. The van der Waals surface area contributed by atoms with E-state index in [1.807, 2.05) is 24.3 Å². The third-order valence-electron chi connectivity index (χ3n) is 4.60. The van der Waals surface area contributed by atoms with Gasteiger partial charge in [-0.25, -0.2) is 4.79 Å². The minimum atomic E-state index is -0.827. The van der Waals surface area contributed by atoms with E-state index in [-0.39, 0.29) is 12.6 Å². The van der Waals surface area contributed by atoms with Crippen molar-refractivity contribution < 1.29 is 14.6 Å². The van der Waals surface area contributed by atoms with Crippen LogP contribution in [0.25, 0.3) is 0 Å². The summed E-state index contributed by atoms with van der Waals surface area (Å²) in [6.07, 6.45) is 3.59. The van der Waals surface area contributed by atoms with Gasteiger partial charge < -0.3 is 20.5 Å². The molecule has 2 amide bonds. The zero-order valence-electron chi connectivity index (χ0n) is 14.4. The van der Waals surface area contributed by atoms with Gasteiger partial charge in [-0.2, -0.15) is 0 Å². The van der Waals surface area contributed by atoms with Crippen LogP contribution in [-0.4, -0.2) is 24.8 Å². The molecule has 2 aromatic rings. The maximum atomic E-state index is 12.2. The molecule has 132 valence electrons. The van der Waals surface area contributed by atoms with Gasteiger partial charge >= 0.3 is 6.03 Å². The summed E-state index contributed by atoms with van der Waals surface area (Å²) in [4.78, 5) is 12.2. The van der Waals surface area contributed by atoms with Crippen LogP contribution in [0.15, 0.2) is 42.5 Å². The molecule has 1 aliphatic rings. The number of hydrogen-bond donors (Lipinski definition) is 3. The highest BCUT2D eigenvalue weighted by atomic mass is 16.5. The minimum Gasteiger partial charge on any atom is -0.496 e. The number of rotatable bonds is 5. The van der Waals surface area contributed by atoms with Crippen molar-refractivity contribution >= 4 is 11.7 Å². The van der Waals surface area contributed by atoms with E-state index in [0.717, 1.165) is 24.9 Å². The Kier molecular flexibility index (Phi) is 5.56. The van der Waals surface area contributed by atoms with Gasteiger partial charge in [-0.1, -0.05) is 30.3 Å². The predicted octanol–water partition coefficient (Wildman–Crippen LogP) is 3.43. The lowest BCUT2D eigenvalue weighted by atomic mass is 9.90. The largest absolute Gasteiger partial charge is 0.496 e. The molecule has 0 bridgehead atoms. The van der Waals surface area contributed by atoms with Crippen LogP contribution in [0.1, 0.15) is 35.6 Å². The second-order valence-corrected chi connectivity index (χ2v) is 6.24. The third kappa shape index (κ3) is 4.12. The zero-order chi connectivity index (χ0) is 17.6. The van der Waals surface area contributed by atoms with E-state index in [0.29, 0.717) is 11.3 Å². The second kappa shape index (κ2) is 8.03. The van der Waals surface area contributed by atoms with Gasteiger partial charge in [0.1, 0.15) is 5.75 Å². The Bertz CT molecular complexity index is 745. The lowest BCUT2D eigenvalue weighted by molar-refractivity contribution is 0.171. The van der Waals surface area contributed by atoms with E-state index >= 15 is 0 Å². The fourth-order valence-corrected chi connectivity index (χ4v) is 3.31. The van der Waals surface area contributed by atoms with Gasteiger partial charge in [0.25, 0.3) is 0 Å². The first kappa shape index (κ1) is 17.3. The van der Waals surface area contributed by atoms with Crippen molar-refractivity contribution in [3.05, 3.63) is 59.2 Å². The first-order valence-corrected chi connectivity index (χ1v) is 8.65.